The zero-order valence-electron chi connectivity index (χ0n) is 13.4. The summed E-state index contributed by atoms with van der Waals surface area (Å²) in [6, 6.07) is 17.3. The average molecular weight is 342 g/mol. The molecule has 2 aromatic carbocycles. The Kier molecular flexibility index (Phi) is 5.34. The first-order chi connectivity index (χ1) is 11.7. The van der Waals surface area contributed by atoms with E-state index in [0.29, 0.717) is 5.02 Å². The number of esters is 1. The molecule has 124 valence electrons. The van der Waals surface area contributed by atoms with Crippen molar-refractivity contribution in [1.29, 1.82) is 0 Å². The zero-order valence-corrected chi connectivity index (χ0v) is 14.1. The van der Waals surface area contributed by atoms with Crippen LogP contribution in [0.2, 0.25) is 5.02 Å². The number of carbonyl (C=O) groups excluding carboxylic acids is 1. The van der Waals surface area contributed by atoms with Gasteiger partial charge in [-0.1, -0.05) is 54.1 Å². The molecule has 1 aliphatic rings. The summed E-state index contributed by atoms with van der Waals surface area (Å²) in [4.78, 5) is 12.4. The van der Waals surface area contributed by atoms with Crippen molar-refractivity contribution in [1.82, 2.24) is 5.32 Å². The Morgan fingerprint density at radius 3 is 2.38 bits per heavy atom. The van der Waals surface area contributed by atoms with Crippen LogP contribution in [0.15, 0.2) is 60.7 Å². The standard InChI is InChI=1S/C20H20ClNO2/c21-18-9-6-16(7-10-18)8-11-19(23)24-20(12-14-22-15-13-20)17-4-2-1-3-5-17/h1-11,22H,12-15H2/b11-8+. The van der Waals surface area contributed by atoms with E-state index in [2.05, 4.69) is 5.32 Å². The second kappa shape index (κ2) is 7.65. The number of halogens is 1. The maximum Gasteiger partial charge on any atom is 0.331 e. The van der Waals surface area contributed by atoms with Crippen LogP contribution in [0, 0.1) is 0 Å². The monoisotopic (exact) mass is 341 g/mol. The van der Waals surface area contributed by atoms with Crippen LogP contribution in [0.25, 0.3) is 6.08 Å². The molecule has 3 rings (SSSR count). The molecule has 0 radical (unpaired) electrons. The average Bonchev–Trinajstić information content (AvgIpc) is 2.63. The number of hydrogen-bond acceptors (Lipinski definition) is 3. The smallest absolute Gasteiger partial charge is 0.331 e. The van der Waals surface area contributed by atoms with E-state index < -0.39 is 5.60 Å². The highest BCUT2D eigenvalue weighted by Crippen LogP contribution is 2.35. The van der Waals surface area contributed by atoms with E-state index in [0.717, 1.165) is 37.1 Å². The number of nitrogens with one attached hydrogen (secondary N) is 1. The van der Waals surface area contributed by atoms with E-state index in [-0.39, 0.29) is 5.97 Å². The first-order valence-electron chi connectivity index (χ1n) is 8.11. The maximum absolute atomic E-state index is 12.4. The minimum atomic E-state index is -0.548. The second-order valence-electron chi connectivity index (χ2n) is 5.92. The Bertz CT molecular complexity index is 704. The Balaban J connectivity index is 1.75. The Morgan fingerprint density at radius 2 is 1.71 bits per heavy atom. The van der Waals surface area contributed by atoms with Gasteiger partial charge in [0.1, 0.15) is 5.60 Å². The van der Waals surface area contributed by atoms with E-state index in [1.54, 1.807) is 18.2 Å². The normalized spacial score (nSPS) is 16.9. The van der Waals surface area contributed by atoms with Crippen molar-refractivity contribution < 1.29 is 9.53 Å². The first-order valence-corrected chi connectivity index (χ1v) is 8.49. The van der Waals surface area contributed by atoms with E-state index in [4.69, 9.17) is 16.3 Å². The van der Waals surface area contributed by atoms with E-state index in [9.17, 15) is 4.79 Å². The van der Waals surface area contributed by atoms with Crippen LogP contribution in [0.1, 0.15) is 24.0 Å². The van der Waals surface area contributed by atoms with Crippen LogP contribution < -0.4 is 5.32 Å². The largest absolute Gasteiger partial charge is 0.451 e. The maximum atomic E-state index is 12.4. The molecule has 2 aromatic rings. The summed E-state index contributed by atoms with van der Waals surface area (Å²) >= 11 is 5.87. The fourth-order valence-corrected chi connectivity index (χ4v) is 3.11. The summed E-state index contributed by atoms with van der Waals surface area (Å²) < 4.78 is 5.92. The molecule has 0 atom stereocenters. The van der Waals surface area contributed by atoms with Gasteiger partial charge in [-0.25, -0.2) is 4.79 Å². The fraction of sp³-hybridized carbons (Fsp3) is 0.250. The third kappa shape index (κ3) is 4.05. The van der Waals surface area contributed by atoms with Crippen molar-refractivity contribution in [3.8, 4) is 0 Å². The van der Waals surface area contributed by atoms with Gasteiger partial charge in [0.25, 0.3) is 0 Å². The minimum Gasteiger partial charge on any atom is -0.451 e. The topological polar surface area (TPSA) is 38.3 Å². The molecule has 24 heavy (non-hydrogen) atoms. The first kappa shape index (κ1) is 16.7. The Labute approximate surface area is 147 Å². The van der Waals surface area contributed by atoms with Crippen LogP contribution in [0.5, 0.6) is 0 Å². The molecule has 0 aromatic heterocycles. The van der Waals surface area contributed by atoms with Crippen LogP contribution in [0.3, 0.4) is 0 Å². The van der Waals surface area contributed by atoms with Crippen LogP contribution in [0.4, 0.5) is 0 Å². The molecule has 1 saturated heterocycles. The van der Waals surface area contributed by atoms with Crippen LogP contribution in [-0.4, -0.2) is 19.1 Å². The van der Waals surface area contributed by atoms with E-state index >= 15 is 0 Å². The lowest BCUT2D eigenvalue weighted by Gasteiger charge is -2.37. The van der Waals surface area contributed by atoms with Gasteiger partial charge in [0.15, 0.2) is 0 Å². The van der Waals surface area contributed by atoms with Gasteiger partial charge < -0.3 is 10.1 Å². The molecule has 0 saturated carbocycles. The highest BCUT2D eigenvalue weighted by Gasteiger charge is 2.37. The molecule has 0 amide bonds. The number of benzene rings is 2. The van der Waals surface area contributed by atoms with Gasteiger partial charge in [-0.15, -0.1) is 0 Å². The highest BCUT2D eigenvalue weighted by molar-refractivity contribution is 6.30. The van der Waals surface area contributed by atoms with Crippen molar-refractivity contribution >= 4 is 23.6 Å². The van der Waals surface area contributed by atoms with Crippen molar-refractivity contribution in [3.05, 3.63) is 76.8 Å². The zero-order chi connectivity index (χ0) is 16.8. The van der Waals surface area contributed by atoms with Crippen LogP contribution in [-0.2, 0) is 15.1 Å². The molecular formula is C20H20ClNO2. The van der Waals surface area contributed by atoms with Crippen molar-refractivity contribution in [2.24, 2.45) is 0 Å². The van der Waals surface area contributed by atoms with Gasteiger partial charge in [0.2, 0.25) is 0 Å². The van der Waals surface area contributed by atoms with Crippen LogP contribution >= 0.6 is 11.6 Å². The van der Waals surface area contributed by atoms with E-state index in [1.165, 1.54) is 6.08 Å². The van der Waals surface area contributed by atoms with Gasteiger partial charge in [-0.2, -0.15) is 0 Å². The number of piperidine rings is 1. The lowest BCUT2D eigenvalue weighted by atomic mass is 9.85. The quantitative estimate of drug-likeness (QED) is 0.670. The predicted octanol–water partition coefficient (Wildman–Crippen LogP) is 4.18. The summed E-state index contributed by atoms with van der Waals surface area (Å²) in [5.41, 5.74) is 1.42. The molecule has 1 aliphatic heterocycles. The second-order valence-corrected chi connectivity index (χ2v) is 6.35. The SMILES string of the molecule is O=C(/C=C/c1ccc(Cl)cc1)OC1(c2ccccc2)CCNCC1. The van der Waals surface area contributed by atoms with Gasteiger partial charge >= 0.3 is 5.97 Å². The lowest BCUT2D eigenvalue weighted by molar-refractivity contribution is -0.157. The molecule has 0 aliphatic carbocycles. The molecular weight excluding hydrogens is 322 g/mol. The summed E-state index contributed by atoms with van der Waals surface area (Å²) in [6.07, 6.45) is 4.78. The number of carbonyl (C=O) groups is 1. The molecule has 0 bridgehead atoms. The molecule has 3 nitrogen and oxygen atoms in total. The van der Waals surface area contributed by atoms with Gasteiger partial charge in [-0.05, 0) is 42.4 Å². The van der Waals surface area contributed by atoms with Crippen molar-refractivity contribution in [2.45, 2.75) is 18.4 Å². The molecule has 0 spiro atoms. The van der Waals surface area contributed by atoms with E-state index in [1.807, 2.05) is 42.5 Å². The summed E-state index contributed by atoms with van der Waals surface area (Å²) in [5, 5.41) is 4.00. The third-order valence-electron chi connectivity index (χ3n) is 4.29. The summed E-state index contributed by atoms with van der Waals surface area (Å²) in [7, 11) is 0. The number of ether oxygens (including phenoxy) is 1. The molecule has 1 N–H and O–H groups in total. The predicted molar refractivity (Wildman–Crippen MR) is 96.8 cm³/mol. The molecule has 0 unspecified atom stereocenters. The summed E-state index contributed by atoms with van der Waals surface area (Å²) in [5.74, 6) is -0.323. The van der Waals surface area contributed by atoms with Gasteiger partial charge in [0, 0.05) is 23.9 Å². The molecule has 1 heterocycles. The minimum absolute atomic E-state index is 0.323. The van der Waals surface area contributed by atoms with Gasteiger partial charge in [-0.3, -0.25) is 0 Å². The third-order valence-corrected chi connectivity index (χ3v) is 4.54. The van der Waals surface area contributed by atoms with Gasteiger partial charge in [0.05, 0.1) is 0 Å². The number of hydrogen-bond donors (Lipinski definition) is 1. The number of rotatable bonds is 4. The fourth-order valence-electron chi connectivity index (χ4n) is 2.99. The molecule has 1 fully saturated rings. The Hall–Kier alpha value is -2.10. The highest BCUT2D eigenvalue weighted by atomic mass is 35.5. The molecule has 4 heteroatoms. The van der Waals surface area contributed by atoms with Crippen molar-refractivity contribution in [3.63, 3.8) is 0 Å². The Morgan fingerprint density at radius 1 is 1.04 bits per heavy atom. The summed E-state index contributed by atoms with van der Waals surface area (Å²) in [6.45, 7) is 1.67. The van der Waals surface area contributed by atoms with Crippen molar-refractivity contribution in [2.75, 3.05) is 13.1 Å². The lowest BCUT2D eigenvalue weighted by Crippen LogP contribution is -2.42.